The minimum Gasteiger partial charge on any atom is -0.351 e. The molecule has 1 aliphatic heterocycles. The van der Waals surface area contributed by atoms with E-state index in [-0.39, 0.29) is 24.0 Å². The summed E-state index contributed by atoms with van der Waals surface area (Å²) in [7, 11) is 1.85. The second kappa shape index (κ2) is 10.5. The molecule has 0 amide bonds. The number of aliphatic imine (C=N–C) groups is 1. The molecule has 1 saturated heterocycles. The fraction of sp³-hybridized carbons (Fsp3) is 0.400. The molecule has 0 saturated carbocycles. The summed E-state index contributed by atoms with van der Waals surface area (Å²) in [6.45, 7) is 7.84. The largest absolute Gasteiger partial charge is 0.351 e. The van der Waals surface area contributed by atoms with E-state index in [4.69, 9.17) is 0 Å². The first-order valence-electron chi connectivity index (χ1n) is 8.89. The van der Waals surface area contributed by atoms with Crippen LogP contribution >= 0.6 is 24.0 Å². The highest BCUT2D eigenvalue weighted by atomic mass is 127. The molecule has 0 radical (unpaired) electrons. The average Bonchev–Trinajstić information content (AvgIpc) is 2.64. The van der Waals surface area contributed by atoms with Gasteiger partial charge in [-0.05, 0) is 24.6 Å². The molecule has 140 valence electrons. The number of guanidine groups is 1. The molecule has 0 bridgehead atoms. The van der Waals surface area contributed by atoms with Gasteiger partial charge in [0.25, 0.3) is 0 Å². The van der Waals surface area contributed by atoms with Crippen LogP contribution in [0.25, 0.3) is 0 Å². The molecule has 6 heteroatoms. The van der Waals surface area contributed by atoms with Crippen molar-refractivity contribution in [3.05, 3.63) is 65.5 Å². The monoisotopic (exact) mass is 465 g/mol. The summed E-state index contributed by atoms with van der Waals surface area (Å²) < 4.78 is 0. The topological polar surface area (TPSA) is 43.8 Å². The lowest BCUT2D eigenvalue weighted by Gasteiger charge is -2.36. The first-order chi connectivity index (χ1) is 12.2. The lowest BCUT2D eigenvalue weighted by Crippen LogP contribution is -2.52. The Kier molecular flexibility index (Phi) is 8.31. The van der Waals surface area contributed by atoms with Gasteiger partial charge in [0.15, 0.2) is 5.96 Å². The second-order valence-electron chi connectivity index (χ2n) is 6.42. The molecule has 0 spiro atoms. The molecule has 1 N–H and O–H groups in total. The molecule has 1 aliphatic rings. The Labute approximate surface area is 173 Å². The summed E-state index contributed by atoms with van der Waals surface area (Å²) in [5.41, 5.74) is 3.47. The number of benzene rings is 1. The summed E-state index contributed by atoms with van der Waals surface area (Å²) in [5, 5.41) is 3.44. The standard InChI is InChI=1S/C20H27N5.HI/c1-17-7-6-10-19(23-17)15-22-20(21-2)25-13-11-24(12-14-25)16-18-8-4-3-5-9-18;/h3-10H,11-16H2,1-2H3,(H,21,22);1H. The van der Waals surface area contributed by atoms with Crippen LogP contribution in [0.5, 0.6) is 0 Å². The van der Waals surface area contributed by atoms with Gasteiger partial charge in [-0.2, -0.15) is 0 Å². The number of piperazine rings is 1. The number of aromatic nitrogens is 1. The molecular formula is C20H28IN5. The summed E-state index contributed by atoms with van der Waals surface area (Å²) in [6.07, 6.45) is 0. The molecule has 5 nitrogen and oxygen atoms in total. The van der Waals surface area contributed by atoms with Crippen LogP contribution in [-0.4, -0.2) is 54.0 Å². The Balaban J connectivity index is 0.00000243. The zero-order valence-corrected chi connectivity index (χ0v) is 17.9. The van der Waals surface area contributed by atoms with Gasteiger partial charge in [-0.3, -0.25) is 14.9 Å². The Hall–Kier alpha value is -1.67. The normalized spacial score (nSPS) is 15.5. The van der Waals surface area contributed by atoms with Crippen molar-refractivity contribution in [2.75, 3.05) is 33.2 Å². The fourth-order valence-corrected chi connectivity index (χ4v) is 3.16. The SMILES string of the molecule is CN=C(NCc1cccc(C)n1)N1CCN(Cc2ccccc2)CC1.I. The van der Waals surface area contributed by atoms with Gasteiger partial charge in [-0.15, -0.1) is 24.0 Å². The van der Waals surface area contributed by atoms with E-state index in [1.165, 1.54) is 5.56 Å². The molecule has 2 aromatic rings. The van der Waals surface area contributed by atoms with Crippen molar-refractivity contribution < 1.29 is 0 Å². The fourth-order valence-electron chi connectivity index (χ4n) is 3.16. The average molecular weight is 465 g/mol. The highest BCUT2D eigenvalue weighted by Crippen LogP contribution is 2.09. The predicted molar refractivity (Wildman–Crippen MR) is 118 cm³/mol. The van der Waals surface area contributed by atoms with Gasteiger partial charge in [0.05, 0.1) is 12.2 Å². The molecule has 1 aromatic carbocycles. The smallest absolute Gasteiger partial charge is 0.194 e. The maximum Gasteiger partial charge on any atom is 0.194 e. The third-order valence-corrected chi connectivity index (χ3v) is 4.51. The maximum atomic E-state index is 4.54. The van der Waals surface area contributed by atoms with Crippen molar-refractivity contribution >= 4 is 29.9 Å². The van der Waals surface area contributed by atoms with Gasteiger partial charge >= 0.3 is 0 Å². The number of hydrogen-bond donors (Lipinski definition) is 1. The van der Waals surface area contributed by atoms with Crippen molar-refractivity contribution in [3.63, 3.8) is 0 Å². The van der Waals surface area contributed by atoms with E-state index in [0.29, 0.717) is 6.54 Å². The Morgan fingerprint density at radius 2 is 1.77 bits per heavy atom. The third-order valence-electron chi connectivity index (χ3n) is 4.51. The van der Waals surface area contributed by atoms with Crippen molar-refractivity contribution in [3.8, 4) is 0 Å². The van der Waals surface area contributed by atoms with Gasteiger partial charge in [0.2, 0.25) is 0 Å². The molecule has 2 heterocycles. The van der Waals surface area contributed by atoms with Gasteiger partial charge in [0.1, 0.15) is 0 Å². The van der Waals surface area contributed by atoms with Crippen LogP contribution in [0.3, 0.4) is 0 Å². The van der Waals surface area contributed by atoms with E-state index >= 15 is 0 Å². The Morgan fingerprint density at radius 1 is 1.04 bits per heavy atom. The molecule has 1 aromatic heterocycles. The second-order valence-corrected chi connectivity index (χ2v) is 6.42. The first kappa shape index (κ1) is 20.6. The molecule has 3 rings (SSSR count). The first-order valence-corrected chi connectivity index (χ1v) is 8.89. The number of nitrogens with zero attached hydrogens (tertiary/aromatic N) is 4. The van der Waals surface area contributed by atoms with Gasteiger partial charge in [-0.1, -0.05) is 36.4 Å². The zero-order chi connectivity index (χ0) is 17.5. The van der Waals surface area contributed by atoms with Gasteiger partial charge in [0, 0.05) is 45.5 Å². The molecular weight excluding hydrogens is 437 g/mol. The van der Waals surface area contributed by atoms with Gasteiger partial charge in [-0.25, -0.2) is 0 Å². The van der Waals surface area contributed by atoms with Crippen LogP contribution in [0.15, 0.2) is 53.5 Å². The van der Waals surface area contributed by atoms with Crippen LogP contribution in [0.2, 0.25) is 0 Å². The number of aryl methyl sites for hydroxylation is 1. The van der Waals surface area contributed by atoms with Crippen LogP contribution < -0.4 is 5.32 Å². The predicted octanol–water partition coefficient (Wildman–Crippen LogP) is 2.90. The van der Waals surface area contributed by atoms with Crippen molar-refractivity contribution in [2.45, 2.75) is 20.0 Å². The molecule has 26 heavy (non-hydrogen) atoms. The summed E-state index contributed by atoms with van der Waals surface area (Å²) >= 11 is 0. The van der Waals surface area contributed by atoms with Crippen molar-refractivity contribution in [1.82, 2.24) is 20.1 Å². The van der Waals surface area contributed by atoms with Crippen LogP contribution in [0.1, 0.15) is 17.0 Å². The van der Waals surface area contributed by atoms with E-state index in [0.717, 1.165) is 50.1 Å². The zero-order valence-electron chi connectivity index (χ0n) is 15.6. The summed E-state index contributed by atoms with van der Waals surface area (Å²) in [6, 6.07) is 16.8. The van der Waals surface area contributed by atoms with Crippen molar-refractivity contribution in [2.24, 2.45) is 4.99 Å². The Morgan fingerprint density at radius 3 is 2.42 bits per heavy atom. The summed E-state index contributed by atoms with van der Waals surface area (Å²) in [4.78, 5) is 13.8. The van der Waals surface area contributed by atoms with E-state index < -0.39 is 0 Å². The van der Waals surface area contributed by atoms with Crippen LogP contribution in [0, 0.1) is 6.92 Å². The summed E-state index contributed by atoms with van der Waals surface area (Å²) in [5.74, 6) is 0.961. The lowest BCUT2D eigenvalue weighted by atomic mass is 10.2. The number of hydrogen-bond acceptors (Lipinski definition) is 3. The number of nitrogens with one attached hydrogen (secondary N) is 1. The molecule has 0 atom stereocenters. The van der Waals surface area contributed by atoms with E-state index in [2.05, 4.69) is 55.4 Å². The minimum atomic E-state index is 0. The van der Waals surface area contributed by atoms with Crippen molar-refractivity contribution in [1.29, 1.82) is 0 Å². The minimum absolute atomic E-state index is 0. The third kappa shape index (κ3) is 5.95. The van der Waals surface area contributed by atoms with Crippen LogP contribution in [0.4, 0.5) is 0 Å². The number of rotatable bonds is 4. The van der Waals surface area contributed by atoms with Crippen LogP contribution in [-0.2, 0) is 13.1 Å². The van der Waals surface area contributed by atoms with E-state index in [9.17, 15) is 0 Å². The highest BCUT2D eigenvalue weighted by molar-refractivity contribution is 14.0. The highest BCUT2D eigenvalue weighted by Gasteiger charge is 2.19. The molecule has 1 fully saturated rings. The maximum absolute atomic E-state index is 4.54. The quantitative estimate of drug-likeness (QED) is 0.429. The Bertz CT molecular complexity index is 696. The molecule has 0 unspecified atom stereocenters. The number of pyridine rings is 1. The van der Waals surface area contributed by atoms with E-state index in [1.54, 1.807) is 0 Å². The lowest BCUT2D eigenvalue weighted by molar-refractivity contribution is 0.172. The van der Waals surface area contributed by atoms with Gasteiger partial charge < -0.3 is 10.2 Å². The number of halogens is 1. The molecule has 0 aliphatic carbocycles. The van der Waals surface area contributed by atoms with E-state index in [1.807, 2.05) is 32.2 Å².